The van der Waals surface area contributed by atoms with E-state index in [2.05, 4.69) is 15.3 Å². The normalized spacial score (nSPS) is 21.0. The van der Waals surface area contributed by atoms with Crippen molar-refractivity contribution < 1.29 is 9.59 Å². The largest absolute Gasteiger partial charge is 0.375 e. The summed E-state index contributed by atoms with van der Waals surface area (Å²) in [6.45, 7) is 1.07. The number of anilines is 1. The second kappa shape index (κ2) is 8.14. The molecule has 172 valence electrons. The predicted molar refractivity (Wildman–Crippen MR) is 134 cm³/mol. The van der Waals surface area contributed by atoms with E-state index >= 15 is 0 Å². The zero-order valence-corrected chi connectivity index (χ0v) is 19.7. The van der Waals surface area contributed by atoms with E-state index in [1.807, 2.05) is 47.4 Å². The molecule has 6 rings (SSSR count). The maximum absolute atomic E-state index is 13.6. The van der Waals surface area contributed by atoms with Crippen molar-refractivity contribution in [2.24, 2.45) is 11.8 Å². The molecule has 4 N–H and O–H groups in total. The molecular weight excluding hydrogens is 470 g/mol. The number of aromatic amines is 1. The monoisotopic (exact) mass is 491 g/mol. The number of hydrogen-bond acceptors (Lipinski definition) is 5. The summed E-state index contributed by atoms with van der Waals surface area (Å²) in [5.74, 6) is 0.579. The number of H-pyrrole nitrogens is 1. The van der Waals surface area contributed by atoms with Crippen molar-refractivity contribution in [1.29, 1.82) is 0 Å². The minimum atomic E-state index is -0.151. The average Bonchev–Trinajstić information content (AvgIpc) is 3.17. The molecule has 2 aliphatic rings. The van der Waals surface area contributed by atoms with Gasteiger partial charge in [-0.05, 0) is 42.0 Å². The van der Waals surface area contributed by atoms with Crippen molar-refractivity contribution in [3.63, 3.8) is 0 Å². The third kappa shape index (κ3) is 3.63. The van der Waals surface area contributed by atoms with Gasteiger partial charge in [0.1, 0.15) is 5.69 Å². The maximum Gasteiger partial charge on any atom is 0.274 e. The third-order valence-corrected chi connectivity index (χ3v) is 7.97. The number of benzene rings is 2. The van der Waals surface area contributed by atoms with Gasteiger partial charge in [-0.1, -0.05) is 53.3 Å². The minimum absolute atomic E-state index is 0.0678. The number of hydrogen-bond donors (Lipinski definition) is 3. The van der Waals surface area contributed by atoms with Crippen molar-refractivity contribution in [3.05, 3.63) is 71.0 Å². The number of carbonyl (C=O) groups excluding carboxylic acids is 2. The van der Waals surface area contributed by atoms with Crippen LogP contribution in [0.4, 0.5) is 5.13 Å². The van der Waals surface area contributed by atoms with E-state index in [9.17, 15) is 9.59 Å². The number of aromatic nitrogens is 2. The third-order valence-electron chi connectivity index (χ3n) is 6.80. The summed E-state index contributed by atoms with van der Waals surface area (Å²) in [5, 5.41) is 4.87. The summed E-state index contributed by atoms with van der Waals surface area (Å²) in [6.07, 6.45) is 2.81. The van der Waals surface area contributed by atoms with Crippen LogP contribution in [0.3, 0.4) is 0 Å². The number of thiazole rings is 1. The number of rotatable bonds is 5. The number of nitrogens with zero attached hydrogens (tertiary/aromatic N) is 2. The van der Waals surface area contributed by atoms with E-state index in [4.69, 9.17) is 17.3 Å². The van der Waals surface area contributed by atoms with Gasteiger partial charge in [-0.15, -0.1) is 0 Å². The highest BCUT2D eigenvalue weighted by atomic mass is 35.5. The van der Waals surface area contributed by atoms with Gasteiger partial charge in [0, 0.05) is 35.2 Å². The average molecular weight is 492 g/mol. The smallest absolute Gasteiger partial charge is 0.274 e. The fraction of sp³-hybridized carbons (Fsp3) is 0.240. The number of piperidine rings is 1. The van der Waals surface area contributed by atoms with Crippen LogP contribution >= 0.6 is 22.9 Å². The molecule has 3 atom stereocenters. The van der Waals surface area contributed by atoms with Crippen molar-refractivity contribution >= 4 is 50.8 Å². The summed E-state index contributed by atoms with van der Waals surface area (Å²) in [6, 6.07) is 15.0. The number of para-hydroxylation sites is 1. The molecule has 2 fully saturated rings. The quantitative estimate of drug-likeness (QED) is 0.384. The van der Waals surface area contributed by atoms with E-state index in [-0.39, 0.29) is 17.9 Å². The van der Waals surface area contributed by atoms with Gasteiger partial charge in [0.15, 0.2) is 5.13 Å². The number of nitrogens with two attached hydrogens (primary N) is 1. The predicted octanol–water partition coefficient (Wildman–Crippen LogP) is 4.42. The summed E-state index contributed by atoms with van der Waals surface area (Å²) in [7, 11) is 0. The van der Waals surface area contributed by atoms with Crippen molar-refractivity contribution in [3.8, 4) is 10.4 Å². The highest BCUT2D eigenvalue weighted by Crippen LogP contribution is 2.50. The van der Waals surface area contributed by atoms with Crippen molar-refractivity contribution in [2.75, 3.05) is 18.8 Å². The maximum atomic E-state index is 13.6. The standard InChI is InChI=1S/C25H22ClN5O2S/c26-15-5-3-4-13(8-15)22-21(30-25(27)34-22)24(33)31-12-14-9-17(14)20(31)11-29-23(32)18-10-28-19-7-2-1-6-16(18)19/h1-8,10,14,17,20,28H,9,11-12H2,(H2,27,30)(H,29,32)/t14-,17-,20-/m1/s1. The van der Waals surface area contributed by atoms with Gasteiger partial charge in [0.2, 0.25) is 0 Å². The van der Waals surface area contributed by atoms with Crippen LogP contribution in [0.1, 0.15) is 27.3 Å². The van der Waals surface area contributed by atoms with Crippen LogP contribution in [0.15, 0.2) is 54.7 Å². The molecule has 34 heavy (non-hydrogen) atoms. The SMILES string of the molecule is Nc1nc(C(=O)N2C[C@H]3C[C@H]3[C@H]2CNC(=O)c2c[nH]c3ccccc23)c(-c2cccc(Cl)c2)s1. The molecule has 3 heterocycles. The molecule has 7 nitrogen and oxygen atoms in total. The summed E-state index contributed by atoms with van der Waals surface area (Å²) in [5.41, 5.74) is 8.69. The van der Waals surface area contributed by atoms with Gasteiger partial charge in [-0.3, -0.25) is 9.59 Å². The topological polar surface area (TPSA) is 104 Å². The van der Waals surface area contributed by atoms with Crippen LogP contribution in [0.2, 0.25) is 5.02 Å². The van der Waals surface area contributed by atoms with E-state index < -0.39 is 0 Å². The lowest BCUT2D eigenvalue weighted by molar-refractivity contribution is 0.0691. The zero-order chi connectivity index (χ0) is 23.4. The van der Waals surface area contributed by atoms with Gasteiger partial charge in [0.25, 0.3) is 11.8 Å². The van der Waals surface area contributed by atoms with Crippen molar-refractivity contribution in [1.82, 2.24) is 20.2 Å². The molecule has 4 aromatic rings. The van der Waals surface area contributed by atoms with Crippen LogP contribution in [0.5, 0.6) is 0 Å². The Morgan fingerprint density at radius 1 is 1.24 bits per heavy atom. The fourth-order valence-electron chi connectivity index (χ4n) is 5.06. The first-order valence-corrected chi connectivity index (χ1v) is 12.4. The molecule has 0 spiro atoms. The Kier molecular flexibility index (Phi) is 5.08. The van der Waals surface area contributed by atoms with Gasteiger partial charge in [0.05, 0.1) is 16.5 Å². The summed E-state index contributed by atoms with van der Waals surface area (Å²) < 4.78 is 0. The number of fused-ring (bicyclic) bond motifs is 2. The molecule has 1 aliphatic heterocycles. The highest BCUT2D eigenvalue weighted by molar-refractivity contribution is 7.19. The van der Waals surface area contributed by atoms with Crippen LogP contribution in [0.25, 0.3) is 21.3 Å². The number of nitrogens with one attached hydrogen (secondary N) is 2. The van der Waals surface area contributed by atoms with Crippen LogP contribution in [0, 0.1) is 11.8 Å². The van der Waals surface area contributed by atoms with Crippen molar-refractivity contribution in [2.45, 2.75) is 12.5 Å². The Morgan fingerprint density at radius 3 is 2.94 bits per heavy atom. The lowest BCUT2D eigenvalue weighted by atomic mass is 10.1. The molecule has 2 aromatic carbocycles. The van der Waals surface area contributed by atoms with Crippen LogP contribution in [-0.2, 0) is 0 Å². The number of nitrogen functional groups attached to an aromatic ring is 1. The molecule has 1 saturated carbocycles. The van der Waals surface area contributed by atoms with Crippen LogP contribution in [-0.4, -0.2) is 45.8 Å². The second-order valence-corrected chi connectivity index (χ2v) is 10.3. The second-order valence-electron chi connectivity index (χ2n) is 8.88. The summed E-state index contributed by atoms with van der Waals surface area (Å²) >= 11 is 7.45. The van der Waals surface area contributed by atoms with E-state index in [0.29, 0.717) is 51.2 Å². The number of amides is 2. The Labute approximate surface area is 204 Å². The number of likely N-dealkylation sites (tertiary alicyclic amines) is 1. The summed E-state index contributed by atoms with van der Waals surface area (Å²) in [4.78, 5) is 36.7. The lowest BCUT2D eigenvalue weighted by Crippen LogP contribution is -2.45. The first-order chi connectivity index (χ1) is 16.5. The molecule has 0 radical (unpaired) electrons. The minimum Gasteiger partial charge on any atom is -0.375 e. The Hall–Kier alpha value is -3.36. The van der Waals surface area contributed by atoms with E-state index in [1.165, 1.54) is 11.3 Å². The molecule has 0 bridgehead atoms. The van der Waals surface area contributed by atoms with E-state index in [0.717, 1.165) is 22.9 Å². The van der Waals surface area contributed by atoms with Gasteiger partial charge < -0.3 is 20.9 Å². The molecule has 0 unspecified atom stereocenters. The fourth-order valence-corrected chi connectivity index (χ4v) is 6.07. The number of halogens is 1. The number of carbonyl (C=O) groups is 2. The van der Waals surface area contributed by atoms with Gasteiger partial charge in [-0.2, -0.15) is 0 Å². The molecule has 9 heteroatoms. The molecule has 2 aromatic heterocycles. The Bertz CT molecular complexity index is 1430. The van der Waals surface area contributed by atoms with Gasteiger partial charge >= 0.3 is 0 Å². The van der Waals surface area contributed by atoms with Gasteiger partial charge in [-0.25, -0.2) is 4.98 Å². The van der Waals surface area contributed by atoms with E-state index in [1.54, 1.807) is 12.3 Å². The molecular formula is C25H22ClN5O2S. The molecule has 2 amide bonds. The zero-order valence-electron chi connectivity index (χ0n) is 18.1. The molecule has 1 aliphatic carbocycles. The first kappa shape index (κ1) is 21.2. The first-order valence-electron chi connectivity index (χ1n) is 11.2. The highest BCUT2D eigenvalue weighted by Gasteiger charge is 2.54. The lowest BCUT2D eigenvalue weighted by Gasteiger charge is -2.27. The molecule has 1 saturated heterocycles. The van der Waals surface area contributed by atoms with Crippen LogP contribution < -0.4 is 11.1 Å². The Morgan fingerprint density at radius 2 is 2.09 bits per heavy atom. The Balaban J connectivity index is 1.23.